The topological polar surface area (TPSA) is 405 Å². The molecular formula is C86H72Cl6F2N16O15S4. The molecule has 0 spiro atoms. The highest BCUT2D eigenvalue weighted by Crippen LogP contribution is 2.35. The van der Waals surface area contributed by atoms with Gasteiger partial charge in [0.2, 0.25) is 0 Å². The average Bonchev–Trinajstić information content (AvgIpc) is 1.70. The number of carbonyl (C=O) groups excluding carboxylic acids is 7. The normalized spacial score (nSPS) is 15.0. The minimum atomic E-state index is -3.72. The van der Waals surface area contributed by atoms with Crippen LogP contribution in [0, 0.1) is 18.6 Å². The molecule has 666 valence electrons. The lowest BCUT2D eigenvalue weighted by molar-refractivity contribution is 0.101. The molecule has 4 fully saturated rings. The van der Waals surface area contributed by atoms with Crippen molar-refractivity contribution >= 4 is 225 Å². The Balaban J connectivity index is 0.000000147. The van der Waals surface area contributed by atoms with Crippen molar-refractivity contribution in [2.24, 2.45) is 0 Å². The van der Waals surface area contributed by atoms with Gasteiger partial charge in [0.05, 0.1) is 65.9 Å². The first-order valence-electron chi connectivity index (χ1n) is 38.4. The fraction of sp³-hybridized carbons (Fsp3) is 0.116. The second-order valence-corrected chi connectivity index (χ2v) is 38.0. The molecule has 4 aliphatic heterocycles. The average molecular weight is 1950 g/mol. The Morgan fingerprint density at radius 2 is 0.721 bits per heavy atom. The molecule has 0 atom stereocenters. The number of nitrogens with one attached hydrogen (secondary N) is 10. The summed E-state index contributed by atoms with van der Waals surface area (Å²) in [5, 5.41) is 22.6. The van der Waals surface area contributed by atoms with E-state index in [1.807, 2.05) is 24.3 Å². The molecule has 4 saturated heterocycles. The number of rotatable bonds is 18. The lowest BCUT2D eigenvalue weighted by atomic mass is 10.1. The molecule has 5 heterocycles. The zero-order valence-electron chi connectivity index (χ0n) is 67.2. The summed E-state index contributed by atoms with van der Waals surface area (Å²) in [6.45, 7) is 3.93. The number of nitrogens with zero attached hydrogens (tertiary/aromatic N) is 6. The van der Waals surface area contributed by atoms with E-state index in [1.54, 1.807) is 129 Å². The lowest BCUT2D eigenvalue weighted by Crippen LogP contribution is -2.30. The first-order valence-corrected chi connectivity index (χ1v) is 46.4. The van der Waals surface area contributed by atoms with Crippen LogP contribution in [0.15, 0.2) is 243 Å². The Labute approximate surface area is 768 Å². The van der Waals surface area contributed by atoms with E-state index in [0.29, 0.717) is 84.5 Å². The highest BCUT2D eigenvalue weighted by molar-refractivity contribution is 7.92. The van der Waals surface area contributed by atoms with Crippen LogP contribution in [0.3, 0.4) is 0 Å². The largest absolute Gasteiger partial charge is 0.322 e. The highest BCUT2D eigenvalue weighted by atomic mass is 35.5. The first kappa shape index (κ1) is 94.2. The van der Waals surface area contributed by atoms with E-state index >= 15 is 0 Å². The molecular weight excluding hydrogens is 1880 g/mol. The van der Waals surface area contributed by atoms with E-state index in [0.717, 1.165) is 37.1 Å². The van der Waals surface area contributed by atoms with Crippen molar-refractivity contribution in [3.63, 3.8) is 0 Å². The molecule has 43 heteroatoms. The number of benzene rings is 11. The number of anilines is 11. The smallest absolute Gasteiger partial charge is 0.303 e. The molecule has 0 unspecified atom stereocenters. The zero-order valence-corrected chi connectivity index (χ0v) is 75.0. The summed E-state index contributed by atoms with van der Waals surface area (Å²) in [5.41, 5.74) is 5.62. The van der Waals surface area contributed by atoms with Gasteiger partial charge in [0.1, 0.15) is 11.6 Å². The van der Waals surface area contributed by atoms with Gasteiger partial charge in [0, 0.05) is 143 Å². The number of hydrogen-bond acceptors (Lipinski definition) is 16. The number of hydrogen-bond donors (Lipinski definition) is 10. The SMILES string of the molecule is CN1CCN(c2ccc(C(=O)Nc3ccc4cnccc4c3)cc2)S1(=O)=O.Cc1ccc(NC(=O)c2ccc(N3CCNS3(=O)=O)cc2F)cc1NC(=O)c1cccc(Cl)c1.O=C(Nc1cc(NC(=O)c2ccc(N3CCNS3(=O)=O)cc2Cl)ccc1Cl)c1cccc(Cl)c1.O=C(Nc1cc(NC(=O)c2ccc(N3CCNS3(=O)=O)cc2F)ccc1Cl)c1cccc(Cl)c1. The molecule has 1 aromatic heterocycles. The van der Waals surface area contributed by atoms with E-state index in [2.05, 4.69) is 56.4 Å². The van der Waals surface area contributed by atoms with Crippen LogP contribution in [-0.2, 0) is 40.8 Å². The van der Waals surface area contributed by atoms with Gasteiger partial charge >= 0.3 is 40.8 Å². The van der Waals surface area contributed by atoms with Crippen LogP contribution < -0.4 is 68.6 Å². The summed E-state index contributed by atoms with van der Waals surface area (Å²) in [6, 6.07) is 58.7. The van der Waals surface area contributed by atoms with E-state index < -0.39 is 82.0 Å². The van der Waals surface area contributed by atoms with Crippen molar-refractivity contribution in [3.05, 3.63) is 329 Å². The van der Waals surface area contributed by atoms with Gasteiger partial charge in [0.15, 0.2) is 0 Å². The summed E-state index contributed by atoms with van der Waals surface area (Å²) in [5.74, 6) is -5.26. The summed E-state index contributed by atoms with van der Waals surface area (Å²) >= 11 is 36.4. The molecule has 4 aliphatic rings. The van der Waals surface area contributed by atoms with Gasteiger partial charge in [-0.25, -0.2) is 8.78 Å². The van der Waals surface area contributed by atoms with Crippen molar-refractivity contribution in [2.75, 3.05) is 114 Å². The van der Waals surface area contributed by atoms with Gasteiger partial charge in [-0.3, -0.25) is 55.8 Å². The van der Waals surface area contributed by atoms with Crippen LogP contribution in [0.2, 0.25) is 30.1 Å². The molecule has 0 radical (unpaired) electrons. The molecule has 129 heavy (non-hydrogen) atoms. The zero-order chi connectivity index (χ0) is 92.4. The van der Waals surface area contributed by atoms with Crippen LogP contribution in [0.1, 0.15) is 78.1 Å². The van der Waals surface area contributed by atoms with Gasteiger partial charge in [-0.2, -0.15) is 52.1 Å². The van der Waals surface area contributed by atoms with Crippen molar-refractivity contribution in [1.29, 1.82) is 0 Å². The minimum Gasteiger partial charge on any atom is -0.322 e. The van der Waals surface area contributed by atoms with E-state index in [-0.39, 0.29) is 111 Å². The van der Waals surface area contributed by atoms with Gasteiger partial charge < -0.3 is 37.2 Å². The van der Waals surface area contributed by atoms with Crippen LogP contribution in [0.5, 0.6) is 0 Å². The number of amides is 7. The Morgan fingerprint density at radius 3 is 1.13 bits per heavy atom. The molecule has 7 amide bonds. The first-order chi connectivity index (χ1) is 61.4. The van der Waals surface area contributed by atoms with Gasteiger partial charge in [-0.05, 0) is 218 Å². The third kappa shape index (κ3) is 23.2. The number of halogens is 8. The van der Waals surface area contributed by atoms with Crippen LogP contribution in [-0.4, -0.2) is 144 Å². The Hall–Kier alpha value is -12.4. The van der Waals surface area contributed by atoms with Crippen molar-refractivity contribution in [2.45, 2.75) is 6.92 Å². The van der Waals surface area contributed by atoms with Crippen molar-refractivity contribution in [1.82, 2.24) is 23.5 Å². The Kier molecular flexibility index (Phi) is 29.6. The summed E-state index contributed by atoms with van der Waals surface area (Å²) in [7, 11) is -12.9. The summed E-state index contributed by atoms with van der Waals surface area (Å²) in [4.78, 5) is 92.2. The third-order valence-electron chi connectivity index (χ3n) is 19.7. The molecule has 0 aliphatic carbocycles. The number of fused-ring (bicyclic) bond motifs is 1. The predicted octanol–water partition coefficient (Wildman–Crippen LogP) is 15.5. The van der Waals surface area contributed by atoms with Crippen LogP contribution >= 0.6 is 69.6 Å². The second-order valence-electron chi connectivity index (χ2n) is 28.4. The molecule has 31 nitrogen and oxygen atoms in total. The Bertz CT molecular complexity index is 6440. The summed E-state index contributed by atoms with van der Waals surface area (Å²) in [6.07, 6.45) is 3.47. The van der Waals surface area contributed by atoms with E-state index in [4.69, 9.17) is 69.6 Å². The fourth-order valence-corrected chi connectivity index (χ4v) is 19.3. The highest BCUT2D eigenvalue weighted by Gasteiger charge is 2.36. The second kappa shape index (κ2) is 40.5. The molecule has 11 aromatic carbocycles. The molecule has 0 bridgehead atoms. The van der Waals surface area contributed by atoms with E-state index in [1.165, 1.54) is 104 Å². The van der Waals surface area contributed by atoms with Gasteiger partial charge in [-0.1, -0.05) is 99.9 Å². The quantitative estimate of drug-likeness (QED) is 0.0381. The van der Waals surface area contributed by atoms with Gasteiger partial charge in [0.25, 0.3) is 41.4 Å². The van der Waals surface area contributed by atoms with Crippen molar-refractivity contribution < 1.29 is 76.0 Å². The van der Waals surface area contributed by atoms with E-state index in [9.17, 15) is 76.0 Å². The predicted molar refractivity (Wildman–Crippen MR) is 498 cm³/mol. The van der Waals surface area contributed by atoms with Crippen LogP contribution in [0.4, 0.5) is 71.3 Å². The number of aryl methyl sites for hydroxylation is 1. The number of aromatic nitrogens is 1. The van der Waals surface area contributed by atoms with Gasteiger partial charge in [-0.15, -0.1) is 0 Å². The number of likely N-dealkylation sites (N-methyl/N-ethyl adjacent to an activating group) is 1. The number of carbonyl (C=O) groups is 7. The lowest BCUT2D eigenvalue weighted by Gasteiger charge is -2.18. The van der Waals surface area contributed by atoms with Crippen LogP contribution in [0.25, 0.3) is 10.8 Å². The molecule has 0 saturated carbocycles. The monoisotopic (exact) mass is 1940 g/mol. The maximum absolute atomic E-state index is 14.7. The third-order valence-corrected chi connectivity index (χ3v) is 27.9. The fourth-order valence-electron chi connectivity index (χ4n) is 13.1. The molecule has 12 aromatic rings. The molecule has 16 rings (SSSR count). The Morgan fingerprint density at radius 1 is 0.341 bits per heavy atom. The molecule has 10 N–H and O–H groups in total. The standard InChI is InChI=1S/C23H20ClFN4O4S.C22H17Cl3N4O4S.C22H17Cl2FN4O4S.C19H18N4O3S/c1-14-5-6-17(12-21(14)28-22(30)15-3-2-4-16(24)11-15)27-23(31)19-8-7-18(13-20(19)25)29-10-9-26-34(29,32)33;2*23-14-3-1-2-13(10-14)21(30)28-20-11-15(4-7-18(20)24)27-22(31)17-6-5-16(12-19(17)25)29-9-8-26-34(29,32)33;1-22-10-11-23(27(22,25)26)18-6-3-14(4-7-18)19(24)21-17-5-2-16-13-20-9-8-15(16)12-17/h2-8,11-13,26H,9-10H2,1H3,(H,27,31)(H,28,30);2*1-7,10-12,26H,8-9H2,(H,27,31)(H,28,30);2-9,12-13H,10-11H2,1H3,(H,21,24). The summed E-state index contributed by atoms with van der Waals surface area (Å²) < 4.78 is 139. The number of pyridine rings is 1. The minimum absolute atomic E-state index is 0.0838. The van der Waals surface area contributed by atoms with Crippen molar-refractivity contribution in [3.8, 4) is 0 Å². The maximum atomic E-state index is 14.7. The maximum Gasteiger partial charge on any atom is 0.303 e.